The second-order valence-electron chi connectivity index (χ2n) is 4.48. The lowest BCUT2D eigenvalue weighted by Crippen LogP contribution is -2.35. The van der Waals surface area contributed by atoms with E-state index in [1.165, 1.54) is 16.6 Å². The summed E-state index contributed by atoms with van der Waals surface area (Å²) in [5, 5.41) is 0.0172. The van der Waals surface area contributed by atoms with Crippen LogP contribution in [-0.4, -0.2) is 44.0 Å². The molecule has 1 saturated heterocycles. The number of sulfonamides is 1. The normalized spacial score (nSPS) is 20.1. The number of rotatable bonds is 5. The SMILES string of the molecule is CCN(CC1CCOC1)S(=O)(=O)c1cccnc1Cl. The lowest BCUT2D eigenvalue weighted by Gasteiger charge is -2.23. The van der Waals surface area contributed by atoms with Crippen LogP contribution in [0.2, 0.25) is 5.15 Å². The molecule has 0 N–H and O–H groups in total. The number of hydrogen-bond donors (Lipinski definition) is 0. The molecule has 1 aliphatic heterocycles. The Morgan fingerprint density at radius 1 is 1.58 bits per heavy atom. The number of halogens is 1. The van der Waals surface area contributed by atoms with Crippen molar-refractivity contribution >= 4 is 21.6 Å². The second-order valence-corrected chi connectivity index (χ2v) is 6.74. The van der Waals surface area contributed by atoms with E-state index < -0.39 is 10.0 Å². The average Bonchev–Trinajstić information content (AvgIpc) is 2.89. The van der Waals surface area contributed by atoms with Gasteiger partial charge in [0.05, 0.1) is 6.61 Å². The molecule has 0 spiro atoms. The fourth-order valence-electron chi connectivity index (χ4n) is 2.12. The Balaban J connectivity index is 2.23. The summed E-state index contributed by atoms with van der Waals surface area (Å²) < 4.78 is 31.8. The predicted octanol–water partition coefficient (Wildman–Crippen LogP) is 1.78. The Bertz CT molecular complexity index is 530. The lowest BCUT2D eigenvalue weighted by molar-refractivity contribution is 0.181. The van der Waals surface area contributed by atoms with Crippen molar-refractivity contribution in [3.05, 3.63) is 23.5 Å². The van der Waals surface area contributed by atoms with Gasteiger partial charge in [0.25, 0.3) is 0 Å². The Morgan fingerprint density at radius 3 is 2.95 bits per heavy atom. The second kappa shape index (κ2) is 6.17. The molecule has 5 nitrogen and oxygen atoms in total. The Labute approximate surface area is 118 Å². The van der Waals surface area contributed by atoms with Crippen molar-refractivity contribution in [1.29, 1.82) is 0 Å². The molecule has 0 amide bonds. The monoisotopic (exact) mass is 304 g/mol. The van der Waals surface area contributed by atoms with Crippen molar-refractivity contribution in [2.24, 2.45) is 5.92 Å². The predicted molar refractivity (Wildman–Crippen MR) is 72.6 cm³/mol. The van der Waals surface area contributed by atoms with Crippen molar-refractivity contribution in [1.82, 2.24) is 9.29 Å². The summed E-state index contributed by atoms with van der Waals surface area (Å²) >= 11 is 5.88. The zero-order chi connectivity index (χ0) is 13.9. The molecule has 2 heterocycles. The van der Waals surface area contributed by atoms with Gasteiger partial charge >= 0.3 is 0 Å². The number of aromatic nitrogens is 1. The molecular weight excluding hydrogens is 288 g/mol. The summed E-state index contributed by atoms with van der Waals surface area (Å²) in [6.45, 7) is 4.01. The van der Waals surface area contributed by atoms with Crippen molar-refractivity contribution in [2.75, 3.05) is 26.3 Å². The highest BCUT2D eigenvalue weighted by Gasteiger charge is 2.29. The third-order valence-electron chi connectivity index (χ3n) is 3.18. The third-order valence-corrected chi connectivity index (χ3v) is 5.57. The summed E-state index contributed by atoms with van der Waals surface area (Å²) in [6.07, 6.45) is 2.37. The minimum Gasteiger partial charge on any atom is -0.381 e. The molecule has 1 atom stereocenters. The summed E-state index contributed by atoms with van der Waals surface area (Å²) in [7, 11) is -3.59. The van der Waals surface area contributed by atoms with Gasteiger partial charge in [-0.05, 0) is 24.5 Å². The van der Waals surface area contributed by atoms with Crippen molar-refractivity contribution < 1.29 is 13.2 Å². The Kier molecular flexibility index (Phi) is 4.78. The minimum absolute atomic E-state index is 0.0172. The zero-order valence-corrected chi connectivity index (χ0v) is 12.3. The molecule has 1 aliphatic rings. The van der Waals surface area contributed by atoms with Crippen LogP contribution in [0.25, 0.3) is 0 Å². The number of ether oxygens (including phenoxy) is 1. The molecule has 1 aromatic rings. The van der Waals surface area contributed by atoms with Gasteiger partial charge in [-0.25, -0.2) is 13.4 Å². The first-order valence-corrected chi connectivity index (χ1v) is 8.06. The van der Waals surface area contributed by atoms with Crippen LogP contribution in [0.1, 0.15) is 13.3 Å². The molecule has 0 aromatic carbocycles. The van der Waals surface area contributed by atoms with E-state index in [-0.39, 0.29) is 16.0 Å². The average molecular weight is 305 g/mol. The molecule has 0 radical (unpaired) electrons. The molecule has 19 heavy (non-hydrogen) atoms. The van der Waals surface area contributed by atoms with Gasteiger partial charge in [0.2, 0.25) is 10.0 Å². The number of pyridine rings is 1. The Hall–Kier alpha value is -0.690. The number of nitrogens with zero attached hydrogens (tertiary/aromatic N) is 2. The molecule has 0 bridgehead atoms. The topological polar surface area (TPSA) is 59.5 Å². The van der Waals surface area contributed by atoms with E-state index in [4.69, 9.17) is 16.3 Å². The van der Waals surface area contributed by atoms with E-state index in [0.717, 1.165) is 6.42 Å². The van der Waals surface area contributed by atoms with E-state index in [1.54, 1.807) is 6.07 Å². The standard InChI is InChI=1S/C12H17ClN2O3S/c1-2-15(8-10-5-7-18-9-10)19(16,17)11-4-3-6-14-12(11)13/h3-4,6,10H,2,5,7-9H2,1H3. The van der Waals surface area contributed by atoms with Crippen LogP contribution in [0.5, 0.6) is 0 Å². The highest BCUT2D eigenvalue weighted by molar-refractivity contribution is 7.89. The maximum atomic E-state index is 12.5. The molecule has 2 rings (SSSR count). The molecule has 106 valence electrons. The van der Waals surface area contributed by atoms with E-state index >= 15 is 0 Å². The largest absolute Gasteiger partial charge is 0.381 e. The smallest absolute Gasteiger partial charge is 0.246 e. The Morgan fingerprint density at radius 2 is 2.37 bits per heavy atom. The van der Waals surface area contributed by atoms with E-state index in [9.17, 15) is 8.42 Å². The maximum Gasteiger partial charge on any atom is 0.246 e. The van der Waals surface area contributed by atoms with Crippen LogP contribution < -0.4 is 0 Å². The molecule has 1 unspecified atom stereocenters. The van der Waals surface area contributed by atoms with Crippen molar-refractivity contribution in [3.63, 3.8) is 0 Å². The van der Waals surface area contributed by atoms with E-state index in [2.05, 4.69) is 4.98 Å². The van der Waals surface area contributed by atoms with Crippen molar-refractivity contribution in [2.45, 2.75) is 18.2 Å². The third kappa shape index (κ3) is 3.25. The first-order chi connectivity index (χ1) is 9.05. The molecule has 0 saturated carbocycles. The summed E-state index contributed by atoms with van der Waals surface area (Å²) in [4.78, 5) is 3.90. The summed E-state index contributed by atoms with van der Waals surface area (Å²) in [5.74, 6) is 0.255. The zero-order valence-electron chi connectivity index (χ0n) is 10.8. The van der Waals surface area contributed by atoms with Crippen LogP contribution in [0.4, 0.5) is 0 Å². The van der Waals surface area contributed by atoms with Crippen LogP contribution >= 0.6 is 11.6 Å². The van der Waals surface area contributed by atoms with Gasteiger partial charge in [-0.3, -0.25) is 0 Å². The first kappa shape index (κ1) is 14.7. The highest BCUT2D eigenvalue weighted by Crippen LogP contribution is 2.24. The molecule has 1 aromatic heterocycles. The maximum absolute atomic E-state index is 12.5. The lowest BCUT2D eigenvalue weighted by atomic mass is 10.1. The van der Waals surface area contributed by atoms with Crippen LogP contribution in [-0.2, 0) is 14.8 Å². The van der Waals surface area contributed by atoms with Crippen LogP contribution in [0.15, 0.2) is 23.2 Å². The van der Waals surface area contributed by atoms with Crippen LogP contribution in [0, 0.1) is 5.92 Å². The molecule has 7 heteroatoms. The molecule has 0 aliphatic carbocycles. The van der Waals surface area contributed by atoms with Gasteiger partial charge in [-0.1, -0.05) is 18.5 Å². The van der Waals surface area contributed by atoms with Gasteiger partial charge in [0.1, 0.15) is 10.0 Å². The van der Waals surface area contributed by atoms with Gasteiger partial charge in [0, 0.05) is 25.9 Å². The number of hydrogen-bond acceptors (Lipinski definition) is 4. The van der Waals surface area contributed by atoms with Gasteiger partial charge in [-0.2, -0.15) is 4.31 Å². The highest BCUT2D eigenvalue weighted by atomic mass is 35.5. The summed E-state index contributed by atoms with van der Waals surface area (Å²) in [5.41, 5.74) is 0. The van der Waals surface area contributed by atoms with Gasteiger partial charge in [0.15, 0.2) is 0 Å². The first-order valence-electron chi connectivity index (χ1n) is 6.24. The van der Waals surface area contributed by atoms with E-state index in [0.29, 0.717) is 26.3 Å². The van der Waals surface area contributed by atoms with E-state index in [1.807, 2.05) is 6.92 Å². The fourth-order valence-corrected chi connectivity index (χ4v) is 4.07. The molecular formula is C12H17ClN2O3S. The quantitative estimate of drug-likeness (QED) is 0.778. The van der Waals surface area contributed by atoms with Gasteiger partial charge < -0.3 is 4.74 Å². The van der Waals surface area contributed by atoms with Crippen LogP contribution in [0.3, 0.4) is 0 Å². The fraction of sp³-hybridized carbons (Fsp3) is 0.583. The minimum atomic E-state index is -3.59. The van der Waals surface area contributed by atoms with Crippen molar-refractivity contribution in [3.8, 4) is 0 Å². The van der Waals surface area contributed by atoms with Gasteiger partial charge in [-0.15, -0.1) is 0 Å². The molecule has 1 fully saturated rings. The summed E-state index contributed by atoms with van der Waals surface area (Å²) in [6, 6.07) is 3.06.